The van der Waals surface area contributed by atoms with Gasteiger partial charge in [0.05, 0.1) is 11.4 Å². The van der Waals surface area contributed by atoms with E-state index in [9.17, 15) is 4.79 Å². The van der Waals surface area contributed by atoms with Crippen molar-refractivity contribution in [3.8, 4) is 0 Å². The first kappa shape index (κ1) is 12.5. The van der Waals surface area contributed by atoms with E-state index in [1.165, 1.54) is 23.3 Å². The summed E-state index contributed by atoms with van der Waals surface area (Å²) in [6.07, 6.45) is 2.34. The van der Waals surface area contributed by atoms with Crippen LogP contribution in [0.5, 0.6) is 0 Å². The summed E-state index contributed by atoms with van der Waals surface area (Å²) in [5.41, 5.74) is 2.19. The Balaban J connectivity index is 1.72. The lowest BCUT2D eigenvalue weighted by atomic mass is 10.2. The van der Waals surface area contributed by atoms with Crippen molar-refractivity contribution in [2.45, 2.75) is 36.3 Å². The maximum Gasteiger partial charge on any atom is 0.251 e. The first-order valence-corrected chi connectivity index (χ1v) is 7.49. The van der Waals surface area contributed by atoms with Crippen molar-refractivity contribution in [1.82, 2.24) is 9.97 Å². The molecule has 0 radical (unpaired) electrons. The van der Waals surface area contributed by atoms with E-state index in [0.29, 0.717) is 11.7 Å². The van der Waals surface area contributed by atoms with E-state index < -0.39 is 0 Å². The Morgan fingerprint density at radius 2 is 2.05 bits per heavy atom. The number of hydrogen-bond donors (Lipinski definition) is 1. The van der Waals surface area contributed by atoms with Crippen molar-refractivity contribution in [2.24, 2.45) is 0 Å². The van der Waals surface area contributed by atoms with Crippen molar-refractivity contribution in [1.29, 1.82) is 0 Å². The molecule has 19 heavy (non-hydrogen) atoms. The van der Waals surface area contributed by atoms with Gasteiger partial charge in [0.15, 0.2) is 0 Å². The molecule has 3 nitrogen and oxygen atoms in total. The van der Waals surface area contributed by atoms with Crippen LogP contribution in [0.3, 0.4) is 0 Å². The molecule has 1 aromatic carbocycles. The average Bonchev–Trinajstić information content (AvgIpc) is 3.22. The molecular formula is C15H16N2OS. The van der Waals surface area contributed by atoms with Gasteiger partial charge in [-0.2, -0.15) is 0 Å². The van der Waals surface area contributed by atoms with Gasteiger partial charge in [0, 0.05) is 16.9 Å². The number of hydrogen-bond acceptors (Lipinski definition) is 3. The van der Waals surface area contributed by atoms with Crippen molar-refractivity contribution in [3.05, 3.63) is 57.8 Å². The third-order valence-corrected chi connectivity index (χ3v) is 4.23. The summed E-state index contributed by atoms with van der Waals surface area (Å²) in [6.45, 7) is 2.08. The number of aryl methyl sites for hydroxylation is 1. The van der Waals surface area contributed by atoms with E-state index in [1.807, 2.05) is 0 Å². The molecule has 98 valence electrons. The summed E-state index contributed by atoms with van der Waals surface area (Å²) in [5.74, 6) is 2.00. The van der Waals surface area contributed by atoms with E-state index in [1.54, 1.807) is 17.8 Å². The fraction of sp³-hybridized carbons (Fsp3) is 0.333. The molecule has 3 rings (SSSR count). The van der Waals surface area contributed by atoms with Crippen LogP contribution in [-0.4, -0.2) is 9.97 Å². The smallest absolute Gasteiger partial charge is 0.251 e. The molecule has 4 heteroatoms. The molecule has 0 atom stereocenters. The predicted octanol–water partition coefficient (Wildman–Crippen LogP) is 3.25. The molecule has 0 amide bonds. The Labute approximate surface area is 116 Å². The normalized spacial score (nSPS) is 14.6. The second kappa shape index (κ2) is 5.21. The third-order valence-electron chi connectivity index (χ3n) is 3.20. The number of rotatable bonds is 4. The van der Waals surface area contributed by atoms with Crippen LogP contribution in [0.1, 0.15) is 35.8 Å². The number of H-pyrrole nitrogens is 1. The standard InChI is InChI=1S/C15H16N2OS/c1-10-2-6-12(7-3-10)19-9-14-16-13(11-4-5-11)8-15(18)17-14/h2-3,6-8,11H,4-5,9H2,1H3,(H,16,17,18). The Bertz CT molecular complexity index is 629. The summed E-state index contributed by atoms with van der Waals surface area (Å²) in [7, 11) is 0. The third kappa shape index (κ3) is 3.26. The van der Waals surface area contributed by atoms with Gasteiger partial charge < -0.3 is 4.98 Å². The van der Waals surface area contributed by atoms with Crippen LogP contribution in [0.2, 0.25) is 0 Å². The van der Waals surface area contributed by atoms with Crippen molar-refractivity contribution >= 4 is 11.8 Å². The van der Waals surface area contributed by atoms with Gasteiger partial charge in [-0.05, 0) is 31.9 Å². The largest absolute Gasteiger partial charge is 0.310 e. The quantitative estimate of drug-likeness (QED) is 0.869. The van der Waals surface area contributed by atoms with E-state index >= 15 is 0 Å². The highest BCUT2D eigenvalue weighted by Crippen LogP contribution is 2.38. The monoisotopic (exact) mass is 272 g/mol. The van der Waals surface area contributed by atoms with Gasteiger partial charge in [0.25, 0.3) is 5.56 Å². The van der Waals surface area contributed by atoms with E-state index in [0.717, 1.165) is 11.5 Å². The summed E-state index contributed by atoms with van der Waals surface area (Å²) < 4.78 is 0. The number of aromatic amines is 1. The lowest BCUT2D eigenvalue weighted by Crippen LogP contribution is -2.11. The van der Waals surface area contributed by atoms with Crippen LogP contribution in [0, 0.1) is 6.92 Å². The van der Waals surface area contributed by atoms with E-state index in [2.05, 4.69) is 41.2 Å². The molecule has 0 aliphatic heterocycles. The zero-order valence-corrected chi connectivity index (χ0v) is 11.7. The highest BCUT2D eigenvalue weighted by molar-refractivity contribution is 7.98. The Morgan fingerprint density at radius 1 is 1.32 bits per heavy atom. The highest BCUT2D eigenvalue weighted by Gasteiger charge is 2.25. The summed E-state index contributed by atoms with van der Waals surface area (Å²) in [5, 5.41) is 0. The molecule has 1 N–H and O–H groups in total. The zero-order chi connectivity index (χ0) is 13.2. The molecule has 0 spiro atoms. The van der Waals surface area contributed by atoms with Crippen molar-refractivity contribution in [3.63, 3.8) is 0 Å². The SMILES string of the molecule is Cc1ccc(SCc2nc(C3CC3)cc(=O)[nH]2)cc1. The lowest BCUT2D eigenvalue weighted by molar-refractivity contribution is 0.912. The molecule has 1 aliphatic carbocycles. The number of benzene rings is 1. The minimum Gasteiger partial charge on any atom is -0.310 e. The van der Waals surface area contributed by atoms with Gasteiger partial charge in [0.2, 0.25) is 0 Å². The fourth-order valence-corrected chi connectivity index (χ4v) is 2.74. The van der Waals surface area contributed by atoms with Crippen LogP contribution in [0.25, 0.3) is 0 Å². The van der Waals surface area contributed by atoms with Crippen molar-refractivity contribution < 1.29 is 0 Å². The van der Waals surface area contributed by atoms with Crippen LogP contribution < -0.4 is 5.56 Å². The molecule has 0 unspecified atom stereocenters. The predicted molar refractivity (Wildman–Crippen MR) is 77.6 cm³/mol. The molecular weight excluding hydrogens is 256 g/mol. The van der Waals surface area contributed by atoms with Crippen LogP contribution in [-0.2, 0) is 5.75 Å². The molecule has 0 saturated heterocycles. The summed E-state index contributed by atoms with van der Waals surface area (Å²) in [4.78, 5) is 20.2. The van der Waals surface area contributed by atoms with E-state index in [-0.39, 0.29) is 5.56 Å². The first-order valence-electron chi connectivity index (χ1n) is 6.50. The zero-order valence-electron chi connectivity index (χ0n) is 10.8. The molecule has 2 aromatic rings. The number of nitrogens with one attached hydrogen (secondary N) is 1. The number of thioether (sulfide) groups is 1. The minimum absolute atomic E-state index is 0.0311. The lowest BCUT2D eigenvalue weighted by Gasteiger charge is -2.04. The van der Waals surface area contributed by atoms with Gasteiger partial charge >= 0.3 is 0 Å². The maximum atomic E-state index is 11.6. The van der Waals surface area contributed by atoms with Crippen LogP contribution >= 0.6 is 11.8 Å². The number of aromatic nitrogens is 2. The summed E-state index contributed by atoms with van der Waals surface area (Å²) in [6, 6.07) is 10.0. The second-order valence-corrected chi connectivity index (χ2v) is 6.04. The maximum absolute atomic E-state index is 11.6. The molecule has 1 heterocycles. The van der Waals surface area contributed by atoms with Crippen LogP contribution in [0.15, 0.2) is 40.0 Å². The minimum atomic E-state index is -0.0311. The summed E-state index contributed by atoms with van der Waals surface area (Å²) >= 11 is 1.70. The number of nitrogens with zero attached hydrogens (tertiary/aromatic N) is 1. The van der Waals surface area contributed by atoms with Gasteiger partial charge in [-0.15, -0.1) is 11.8 Å². The Hall–Kier alpha value is -1.55. The Morgan fingerprint density at radius 3 is 2.74 bits per heavy atom. The first-order chi connectivity index (χ1) is 9.20. The second-order valence-electron chi connectivity index (χ2n) is 4.99. The molecule has 1 saturated carbocycles. The van der Waals surface area contributed by atoms with Crippen molar-refractivity contribution in [2.75, 3.05) is 0 Å². The molecule has 1 aliphatic rings. The van der Waals surface area contributed by atoms with E-state index in [4.69, 9.17) is 0 Å². The fourth-order valence-electron chi connectivity index (χ4n) is 1.97. The van der Waals surface area contributed by atoms with Gasteiger partial charge in [-0.25, -0.2) is 4.98 Å². The molecule has 1 aromatic heterocycles. The average molecular weight is 272 g/mol. The topological polar surface area (TPSA) is 45.8 Å². The molecule has 1 fully saturated rings. The highest BCUT2D eigenvalue weighted by atomic mass is 32.2. The van der Waals surface area contributed by atoms with Crippen LogP contribution in [0.4, 0.5) is 0 Å². The Kier molecular flexibility index (Phi) is 3.42. The molecule has 0 bridgehead atoms. The van der Waals surface area contributed by atoms with Gasteiger partial charge in [0.1, 0.15) is 5.82 Å². The van der Waals surface area contributed by atoms with Gasteiger partial charge in [-0.1, -0.05) is 17.7 Å². The van der Waals surface area contributed by atoms with Gasteiger partial charge in [-0.3, -0.25) is 4.79 Å².